The van der Waals surface area contributed by atoms with E-state index in [1.165, 1.54) is 0 Å². The molecule has 2 rings (SSSR count). The van der Waals surface area contributed by atoms with Crippen molar-refractivity contribution in [3.63, 3.8) is 0 Å². The summed E-state index contributed by atoms with van der Waals surface area (Å²) in [7, 11) is 0. The van der Waals surface area contributed by atoms with E-state index < -0.39 is 11.7 Å². The van der Waals surface area contributed by atoms with Gasteiger partial charge in [0.15, 0.2) is 0 Å². The number of carbonyl (C=O) groups is 1. The molecule has 0 saturated heterocycles. The Morgan fingerprint density at radius 2 is 1.84 bits per heavy atom. The molecule has 0 spiro atoms. The lowest BCUT2D eigenvalue weighted by Gasteiger charge is -2.31. The van der Waals surface area contributed by atoms with E-state index in [1.54, 1.807) is 12.1 Å². The van der Waals surface area contributed by atoms with Crippen molar-refractivity contribution in [2.45, 2.75) is 38.3 Å². The number of carbonyl (C=O) groups excluding carboxylic acids is 1. The molecular formula is C15H17F3O. The summed E-state index contributed by atoms with van der Waals surface area (Å²) in [5.41, 5.74) is 0.0465. The largest absolute Gasteiger partial charge is 0.416 e. The topological polar surface area (TPSA) is 17.1 Å². The molecule has 1 fully saturated rings. The smallest absolute Gasteiger partial charge is 0.303 e. The highest BCUT2D eigenvalue weighted by Crippen LogP contribution is 2.48. The number of halogens is 3. The molecule has 0 aromatic heterocycles. The Labute approximate surface area is 110 Å². The predicted molar refractivity (Wildman–Crippen MR) is 66.7 cm³/mol. The van der Waals surface area contributed by atoms with Gasteiger partial charge in [-0.25, -0.2) is 0 Å². The van der Waals surface area contributed by atoms with Crippen LogP contribution in [0.5, 0.6) is 0 Å². The fourth-order valence-corrected chi connectivity index (χ4v) is 3.05. The van der Waals surface area contributed by atoms with Crippen molar-refractivity contribution in [3.05, 3.63) is 35.4 Å². The second kappa shape index (κ2) is 4.66. The van der Waals surface area contributed by atoms with Crippen LogP contribution in [-0.2, 0) is 16.4 Å². The van der Waals surface area contributed by atoms with Crippen molar-refractivity contribution in [3.8, 4) is 0 Å². The number of rotatable bonds is 2. The standard InChI is InChI=1S/C15H17F3O/c1-10-11(9-19)7-8-14(10,2)12-3-5-13(6-4-12)15(16,17)18/h3-6,9-11H,7-8H2,1-2H3. The second-order valence-electron chi connectivity index (χ2n) is 5.62. The van der Waals surface area contributed by atoms with E-state index in [-0.39, 0.29) is 17.3 Å². The van der Waals surface area contributed by atoms with Crippen LogP contribution in [0.25, 0.3) is 0 Å². The molecule has 1 saturated carbocycles. The highest BCUT2D eigenvalue weighted by Gasteiger charge is 2.43. The molecule has 0 aliphatic heterocycles. The Morgan fingerprint density at radius 3 is 2.26 bits per heavy atom. The summed E-state index contributed by atoms with van der Waals surface area (Å²) in [5, 5.41) is 0. The molecule has 104 valence electrons. The van der Waals surface area contributed by atoms with Crippen molar-refractivity contribution in [2.75, 3.05) is 0 Å². The summed E-state index contributed by atoms with van der Waals surface area (Å²) in [5.74, 6) is 0.161. The first kappa shape index (κ1) is 14.1. The lowest BCUT2D eigenvalue weighted by atomic mass is 9.73. The summed E-state index contributed by atoms with van der Waals surface area (Å²) in [6, 6.07) is 5.35. The van der Waals surface area contributed by atoms with Crippen LogP contribution in [0, 0.1) is 11.8 Å². The molecule has 0 bridgehead atoms. The third-order valence-electron chi connectivity index (χ3n) is 4.69. The summed E-state index contributed by atoms with van der Waals surface area (Å²) < 4.78 is 37.6. The minimum Gasteiger partial charge on any atom is -0.303 e. The molecule has 19 heavy (non-hydrogen) atoms. The Hall–Kier alpha value is -1.32. The Balaban J connectivity index is 2.30. The van der Waals surface area contributed by atoms with E-state index in [4.69, 9.17) is 0 Å². The molecule has 1 aromatic carbocycles. The van der Waals surface area contributed by atoms with Crippen LogP contribution >= 0.6 is 0 Å². The molecule has 1 aromatic rings. The van der Waals surface area contributed by atoms with E-state index in [9.17, 15) is 18.0 Å². The molecule has 1 aliphatic rings. The zero-order valence-electron chi connectivity index (χ0n) is 11.0. The van der Waals surface area contributed by atoms with Crippen molar-refractivity contribution < 1.29 is 18.0 Å². The van der Waals surface area contributed by atoms with Gasteiger partial charge in [0.2, 0.25) is 0 Å². The van der Waals surface area contributed by atoms with Crippen LogP contribution in [0.2, 0.25) is 0 Å². The lowest BCUT2D eigenvalue weighted by molar-refractivity contribution is -0.137. The van der Waals surface area contributed by atoms with Crippen LogP contribution in [0.3, 0.4) is 0 Å². The monoisotopic (exact) mass is 270 g/mol. The molecule has 4 heteroatoms. The van der Waals surface area contributed by atoms with Crippen LogP contribution in [0.15, 0.2) is 24.3 Å². The maximum absolute atomic E-state index is 12.5. The predicted octanol–water partition coefficient (Wildman–Crippen LogP) is 4.21. The first-order chi connectivity index (χ1) is 8.79. The quantitative estimate of drug-likeness (QED) is 0.736. The van der Waals surface area contributed by atoms with Crippen LogP contribution in [-0.4, -0.2) is 6.29 Å². The molecule has 0 radical (unpaired) electrons. The van der Waals surface area contributed by atoms with E-state index in [0.29, 0.717) is 0 Å². The third-order valence-corrected chi connectivity index (χ3v) is 4.69. The molecule has 0 amide bonds. The summed E-state index contributed by atoms with van der Waals surface area (Å²) >= 11 is 0. The first-order valence-electron chi connectivity index (χ1n) is 6.42. The maximum Gasteiger partial charge on any atom is 0.416 e. The van der Waals surface area contributed by atoms with E-state index in [2.05, 4.69) is 0 Å². The first-order valence-corrected chi connectivity index (χ1v) is 6.42. The third kappa shape index (κ3) is 2.40. The Morgan fingerprint density at radius 1 is 1.26 bits per heavy atom. The van der Waals surface area contributed by atoms with Gasteiger partial charge in [-0.2, -0.15) is 13.2 Å². The van der Waals surface area contributed by atoms with Gasteiger partial charge in [0.1, 0.15) is 6.29 Å². The van der Waals surface area contributed by atoms with Crippen LogP contribution < -0.4 is 0 Å². The summed E-state index contributed by atoms with van der Waals surface area (Å²) in [6.07, 6.45) is -1.68. The van der Waals surface area contributed by atoms with E-state index in [1.807, 2.05) is 13.8 Å². The molecule has 3 atom stereocenters. The van der Waals surface area contributed by atoms with Crippen molar-refractivity contribution in [2.24, 2.45) is 11.8 Å². The molecule has 3 unspecified atom stereocenters. The number of hydrogen-bond donors (Lipinski definition) is 0. The lowest BCUT2D eigenvalue weighted by Crippen LogP contribution is -2.28. The fourth-order valence-electron chi connectivity index (χ4n) is 3.05. The number of hydrogen-bond acceptors (Lipinski definition) is 1. The normalized spacial score (nSPS) is 31.4. The van der Waals surface area contributed by atoms with E-state index >= 15 is 0 Å². The van der Waals surface area contributed by atoms with Gasteiger partial charge >= 0.3 is 6.18 Å². The maximum atomic E-state index is 12.5. The van der Waals surface area contributed by atoms with Gasteiger partial charge in [-0.1, -0.05) is 26.0 Å². The molecule has 0 heterocycles. The zero-order valence-corrected chi connectivity index (χ0v) is 11.0. The van der Waals surface area contributed by atoms with Crippen molar-refractivity contribution >= 4 is 6.29 Å². The highest BCUT2D eigenvalue weighted by atomic mass is 19.4. The average Bonchev–Trinajstić information content (AvgIpc) is 2.66. The minimum absolute atomic E-state index is 0.00675. The number of aldehydes is 1. The summed E-state index contributed by atoms with van der Waals surface area (Å²) in [4.78, 5) is 11.0. The summed E-state index contributed by atoms with van der Waals surface area (Å²) in [6.45, 7) is 4.04. The number of benzene rings is 1. The molecule has 1 aliphatic carbocycles. The van der Waals surface area contributed by atoms with E-state index in [0.717, 1.165) is 36.8 Å². The van der Waals surface area contributed by atoms with Gasteiger partial charge in [0.05, 0.1) is 5.56 Å². The molecule has 1 nitrogen and oxygen atoms in total. The fraction of sp³-hybridized carbons (Fsp3) is 0.533. The van der Waals surface area contributed by atoms with Gasteiger partial charge in [0.25, 0.3) is 0 Å². The minimum atomic E-state index is -4.30. The van der Waals surface area contributed by atoms with Crippen LogP contribution in [0.4, 0.5) is 13.2 Å². The highest BCUT2D eigenvalue weighted by molar-refractivity contribution is 5.56. The van der Waals surface area contributed by atoms with Gasteiger partial charge < -0.3 is 4.79 Å². The van der Waals surface area contributed by atoms with Gasteiger partial charge in [-0.05, 0) is 41.9 Å². The molecular weight excluding hydrogens is 253 g/mol. The number of alkyl halides is 3. The van der Waals surface area contributed by atoms with Crippen LogP contribution in [0.1, 0.15) is 37.8 Å². The van der Waals surface area contributed by atoms with Gasteiger partial charge in [-0.15, -0.1) is 0 Å². The van der Waals surface area contributed by atoms with Gasteiger partial charge in [0, 0.05) is 5.92 Å². The average molecular weight is 270 g/mol. The second-order valence-corrected chi connectivity index (χ2v) is 5.62. The molecule has 0 N–H and O–H groups in total. The zero-order chi connectivity index (χ0) is 14.3. The van der Waals surface area contributed by atoms with Crippen molar-refractivity contribution in [1.82, 2.24) is 0 Å². The van der Waals surface area contributed by atoms with Crippen molar-refractivity contribution in [1.29, 1.82) is 0 Å². The Bertz CT molecular complexity index is 463. The van der Waals surface area contributed by atoms with Gasteiger partial charge in [-0.3, -0.25) is 0 Å². The Kier molecular flexibility index (Phi) is 3.45. The SMILES string of the molecule is CC1C(C=O)CCC1(C)c1ccc(C(F)(F)F)cc1.